The maximum Gasteiger partial charge on any atom is 0.180 e. The van der Waals surface area contributed by atoms with Crippen molar-refractivity contribution in [3.05, 3.63) is 33.5 Å². The highest BCUT2D eigenvalue weighted by atomic mass is 32.1. The fourth-order valence-electron chi connectivity index (χ4n) is 1.04. The van der Waals surface area contributed by atoms with Crippen molar-refractivity contribution < 1.29 is 4.74 Å². The molecule has 14 heavy (non-hydrogen) atoms. The molecule has 0 aliphatic heterocycles. The molecule has 3 nitrogen and oxygen atoms in total. The zero-order valence-electron chi connectivity index (χ0n) is 7.47. The fourth-order valence-corrected chi connectivity index (χ4v) is 2.23. The second-order valence-corrected chi connectivity index (χ2v) is 4.67. The van der Waals surface area contributed by atoms with Crippen LogP contribution in [-0.4, -0.2) is 4.98 Å². The zero-order chi connectivity index (χ0) is 9.80. The number of hydrogen-bond donors (Lipinski definition) is 1. The maximum atomic E-state index is 5.50. The highest BCUT2D eigenvalue weighted by Crippen LogP contribution is 2.14. The van der Waals surface area contributed by atoms with E-state index in [0.29, 0.717) is 18.3 Å². The van der Waals surface area contributed by atoms with Crippen molar-refractivity contribution in [1.29, 1.82) is 0 Å². The van der Waals surface area contributed by atoms with Crippen LogP contribution in [0.5, 0.6) is 0 Å². The van der Waals surface area contributed by atoms with Crippen molar-refractivity contribution in [2.45, 2.75) is 13.2 Å². The van der Waals surface area contributed by atoms with Crippen LogP contribution in [0.4, 0.5) is 5.13 Å². The van der Waals surface area contributed by atoms with Gasteiger partial charge >= 0.3 is 0 Å². The van der Waals surface area contributed by atoms with Crippen molar-refractivity contribution >= 4 is 27.8 Å². The monoisotopic (exact) mass is 226 g/mol. The third kappa shape index (κ3) is 2.54. The standard InChI is InChI=1S/C9H10N2OS2/c10-9-11-7(6-14-9)4-12-5-8-2-1-3-13-8/h1-3,6H,4-5H2,(H2,10,11). The number of anilines is 1. The molecule has 74 valence electrons. The Morgan fingerprint density at radius 2 is 2.29 bits per heavy atom. The van der Waals surface area contributed by atoms with Crippen molar-refractivity contribution in [2.24, 2.45) is 0 Å². The number of ether oxygens (including phenoxy) is 1. The summed E-state index contributed by atoms with van der Waals surface area (Å²) in [5.74, 6) is 0. The van der Waals surface area contributed by atoms with E-state index in [1.807, 2.05) is 16.8 Å². The van der Waals surface area contributed by atoms with Crippen molar-refractivity contribution in [3.8, 4) is 0 Å². The number of rotatable bonds is 4. The summed E-state index contributed by atoms with van der Waals surface area (Å²) in [7, 11) is 0. The van der Waals surface area contributed by atoms with Crippen LogP contribution in [0.2, 0.25) is 0 Å². The first kappa shape index (κ1) is 9.64. The molecular weight excluding hydrogens is 216 g/mol. The number of thiophene rings is 1. The summed E-state index contributed by atoms with van der Waals surface area (Å²) >= 11 is 3.14. The molecule has 2 aromatic rings. The normalized spacial score (nSPS) is 10.6. The lowest BCUT2D eigenvalue weighted by atomic mass is 10.5. The molecule has 0 unspecified atom stereocenters. The first-order valence-corrected chi connectivity index (χ1v) is 5.90. The van der Waals surface area contributed by atoms with Gasteiger partial charge in [-0.3, -0.25) is 0 Å². The van der Waals surface area contributed by atoms with Gasteiger partial charge in [-0.25, -0.2) is 4.98 Å². The van der Waals surface area contributed by atoms with Crippen LogP contribution in [0.3, 0.4) is 0 Å². The molecule has 5 heteroatoms. The van der Waals surface area contributed by atoms with E-state index < -0.39 is 0 Å². The van der Waals surface area contributed by atoms with E-state index >= 15 is 0 Å². The first-order chi connectivity index (χ1) is 6.84. The summed E-state index contributed by atoms with van der Waals surface area (Å²) < 4.78 is 5.48. The number of hydrogen-bond acceptors (Lipinski definition) is 5. The molecule has 0 atom stereocenters. The molecule has 0 spiro atoms. The van der Waals surface area contributed by atoms with Gasteiger partial charge in [-0.15, -0.1) is 22.7 Å². The lowest BCUT2D eigenvalue weighted by Gasteiger charge is -1.98. The first-order valence-electron chi connectivity index (χ1n) is 4.14. The SMILES string of the molecule is Nc1nc(COCc2cccs2)cs1. The summed E-state index contributed by atoms with van der Waals surface area (Å²) in [5.41, 5.74) is 6.41. The van der Waals surface area contributed by atoms with Crippen molar-refractivity contribution in [2.75, 3.05) is 5.73 Å². The van der Waals surface area contributed by atoms with Gasteiger partial charge in [0, 0.05) is 10.3 Å². The lowest BCUT2D eigenvalue weighted by molar-refractivity contribution is 0.107. The minimum absolute atomic E-state index is 0.533. The van der Waals surface area contributed by atoms with Crippen LogP contribution < -0.4 is 5.73 Å². The molecule has 0 aliphatic carbocycles. The Bertz CT molecular complexity index is 383. The van der Waals surface area contributed by atoms with Crippen LogP contribution in [0.15, 0.2) is 22.9 Å². The van der Waals surface area contributed by atoms with Crippen molar-refractivity contribution in [1.82, 2.24) is 4.98 Å². The third-order valence-corrected chi connectivity index (χ3v) is 3.22. The lowest BCUT2D eigenvalue weighted by Crippen LogP contribution is -1.93. The molecule has 2 heterocycles. The van der Waals surface area contributed by atoms with Crippen LogP contribution in [0.1, 0.15) is 10.6 Å². The molecule has 2 aromatic heterocycles. The molecule has 0 radical (unpaired) electrons. The highest BCUT2D eigenvalue weighted by molar-refractivity contribution is 7.13. The molecule has 0 amide bonds. The maximum absolute atomic E-state index is 5.50. The summed E-state index contributed by atoms with van der Waals surface area (Å²) in [6, 6.07) is 4.07. The average molecular weight is 226 g/mol. The van der Waals surface area contributed by atoms with Gasteiger partial charge in [0.05, 0.1) is 18.9 Å². The zero-order valence-corrected chi connectivity index (χ0v) is 9.11. The molecule has 0 bridgehead atoms. The second kappa shape index (κ2) is 4.54. The molecule has 0 aliphatic rings. The van der Waals surface area contributed by atoms with E-state index in [-0.39, 0.29) is 0 Å². The van der Waals surface area contributed by atoms with Gasteiger partial charge in [0.15, 0.2) is 5.13 Å². The Hall–Kier alpha value is -0.910. The summed E-state index contributed by atoms with van der Waals surface area (Å²) in [4.78, 5) is 5.33. The minimum Gasteiger partial charge on any atom is -0.375 e. The van der Waals surface area contributed by atoms with E-state index in [1.165, 1.54) is 16.2 Å². The van der Waals surface area contributed by atoms with Gasteiger partial charge < -0.3 is 10.5 Å². The molecular formula is C9H10N2OS2. The van der Waals surface area contributed by atoms with Gasteiger partial charge in [0.25, 0.3) is 0 Å². The summed E-state index contributed by atoms with van der Waals surface area (Å²) in [6.45, 7) is 1.18. The third-order valence-electron chi connectivity index (χ3n) is 1.64. The Labute approximate surface area is 90.2 Å². The molecule has 0 saturated heterocycles. The topological polar surface area (TPSA) is 48.1 Å². The number of thiazole rings is 1. The van der Waals surface area contributed by atoms with Crippen LogP contribution in [0.25, 0.3) is 0 Å². The number of nitrogens with two attached hydrogens (primary N) is 1. The molecule has 0 fully saturated rings. The molecule has 0 aromatic carbocycles. The van der Waals surface area contributed by atoms with Crippen LogP contribution >= 0.6 is 22.7 Å². The number of nitrogens with zero attached hydrogens (tertiary/aromatic N) is 1. The van der Waals surface area contributed by atoms with Gasteiger partial charge in [0.1, 0.15) is 0 Å². The van der Waals surface area contributed by atoms with E-state index in [0.717, 1.165) is 5.69 Å². The fraction of sp³-hybridized carbons (Fsp3) is 0.222. The summed E-state index contributed by atoms with van der Waals surface area (Å²) in [5, 5.41) is 4.56. The Balaban J connectivity index is 1.78. The number of aromatic nitrogens is 1. The molecule has 2 N–H and O–H groups in total. The van der Waals surface area contributed by atoms with E-state index in [1.54, 1.807) is 11.3 Å². The van der Waals surface area contributed by atoms with Gasteiger partial charge in [-0.05, 0) is 11.4 Å². The van der Waals surface area contributed by atoms with Gasteiger partial charge in [-0.1, -0.05) is 6.07 Å². The molecule has 0 saturated carbocycles. The largest absolute Gasteiger partial charge is 0.375 e. The second-order valence-electron chi connectivity index (χ2n) is 2.75. The molecule has 2 rings (SSSR count). The van der Waals surface area contributed by atoms with Crippen LogP contribution in [0, 0.1) is 0 Å². The van der Waals surface area contributed by atoms with E-state index in [2.05, 4.69) is 11.1 Å². The Morgan fingerprint density at radius 3 is 2.93 bits per heavy atom. The smallest absolute Gasteiger partial charge is 0.180 e. The number of nitrogen functional groups attached to an aromatic ring is 1. The van der Waals surface area contributed by atoms with Gasteiger partial charge in [0.2, 0.25) is 0 Å². The quantitative estimate of drug-likeness (QED) is 0.871. The van der Waals surface area contributed by atoms with Crippen LogP contribution in [-0.2, 0) is 18.0 Å². The predicted octanol–water partition coefficient (Wildman–Crippen LogP) is 2.50. The summed E-state index contributed by atoms with van der Waals surface area (Å²) in [6.07, 6.45) is 0. The van der Waals surface area contributed by atoms with Gasteiger partial charge in [-0.2, -0.15) is 0 Å². The van der Waals surface area contributed by atoms with Crippen molar-refractivity contribution in [3.63, 3.8) is 0 Å². The van der Waals surface area contributed by atoms with E-state index in [4.69, 9.17) is 10.5 Å². The highest BCUT2D eigenvalue weighted by Gasteiger charge is 1.99. The Morgan fingerprint density at radius 1 is 1.36 bits per heavy atom. The average Bonchev–Trinajstić information content (AvgIpc) is 2.77. The minimum atomic E-state index is 0.533. The van der Waals surface area contributed by atoms with E-state index in [9.17, 15) is 0 Å². The Kier molecular flexibility index (Phi) is 3.13. The predicted molar refractivity (Wildman–Crippen MR) is 59.3 cm³/mol.